The van der Waals surface area contributed by atoms with Gasteiger partial charge in [-0.2, -0.15) is 8.42 Å². The Morgan fingerprint density at radius 3 is 2.48 bits per heavy atom. The van der Waals surface area contributed by atoms with Crippen molar-refractivity contribution in [2.24, 2.45) is 0 Å². The molecule has 0 fully saturated rings. The highest BCUT2D eigenvalue weighted by Crippen LogP contribution is 2.28. The van der Waals surface area contributed by atoms with Crippen molar-refractivity contribution in [3.63, 3.8) is 0 Å². The predicted octanol–water partition coefficient (Wildman–Crippen LogP) is 4.01. The third-order valence-electron chi connectivity index (χ3n) is 2.59. The van der Waals surface area contributed by atoms with Crippen molar-refractivity contribution in [3.8, 4) is 0 Å². The molecule has 0 unspecified atom stereocenters. The zero-order valence-corrected chi connectivity index (χ0v) is 13.5. The molecule has 21 heavy (non-hydrogen) atoms. The number of hydrogen-bond acceptors (Lipinski definition) is 3. The van der Waals surface area contributed by atoms with Gasteiger partial charge in [0.15, 0.2) is 0 Å². The smallest absolute Gasteiger partial charge is 0.321 e. The molecular weight excluding hydrogens is 385 g/mol. The van der Waals surface area contributed by atoms with E-state index in [1.807, 2.05) is 0 Å². The van der Waals surface area contributed by atoms with Crippen molar-refractivity contribution in [1.82, 2.24) is 0 Å². The van der Waals surface area contributed by atoms with Crippen LogP contribution in [0.4, 0.5) is 9.57 Å². The third-order valence-corrected chi connectivity index (χ3v) is 4.77. The van der Waals surface area contributed by atoms with E-state index in [0.717, 1.165) is 6.07 Å². The van der Waals surface area contributed by atoms with Crippen LogP contribution in [0.25, 0.3) is 0 Å². The topological polar surface area (TPSA) is 63.2 Å². The lowest BCUT2D eigenvalue weighted by molar-refractivity contribution is 0.102. The summed E-state index contributed by atoms with van der Waals surface area (Å²) < 4.78 is 35.8. The van der Waals surface area contributed by atoms with Gasteiger partial charge in [0.05, 0.1) is 16.3 Å². The Morgan fingerprint density at radius 1 is 1.14 bits per heavy atom. The average Bonchev–Trinajstić information content (AvgIpc) is 2.41. The molecule has 2 rings (SSSR count). The van der Waals surface area contributed by atoms with E-state index in [9.17, 15) is 17.1 Å². The molecule has 1 N–H and O–H groups in total. The fraction of sp³-hybridized carbons (Fsp3) is 0. The van der Waals surface area contributed by atoms with Crippen molar-refractivity contribution in [1.29, 1.82) is 0 Å². The van der Waals surface area contributed by atoms with Crippen molar-refractivity contribution in [2.45, 2.75) is 4.90 Å². The molecule has 0 aromatic heterocycles. The van der Waals surface area contributed by atoms with Crippen molar-refractivity contribution >= 4 is 49.3 Å². The Morgan fingerprint density at radius 2 is 1.81 bits per heavy atom. The van der Waals surface area contributed by atoms with Crippen LogP contribution in [0.3, 0.4) is 0 Å². The monoisotopic (exact) mass is 391 g/mol. The van der Waals surface area contributed by atoms with Gasteiger partial charge in [-0.1, -0.05) is 29.8 Å². The molecule has 1 amide bonds. The van der Waals surface area contributed by atoms with Crippen LogP contribution < -0.4 is 5.32 Å². The van der Waals surface area contributed by atoms with Gasteiger partial charge >= 0.3 is 10.2 Å². The number of para-hydroxylation sites is 1. The Bertz CT molecular complexity index is 811. The second-order valence-electron chi connectivity index (χ2n) is 3.99. The van der Waals surface area contributed by atoms with Crippen LogP contribution >= 0.6 is 27.5 Å². The predicted molar refractivity (Wildman–Crippen MR) is 81.8 cm³/mol. The van der Waals surface area contributed by atoms with Gasteiger partial charge < -0.3 is 5.32 Å². The maximum absolute atomic E-state index is 13.2. The summed E-state index contributed by atoms with van der Waals surface area (Å²) in [7, 11) is -4.94. The van der Waals surface area contributed by atoms with Crippen molar-refractivity contribution in [3.05, 3.63) is 57.5 Å². The molecule has 0 spiro atoms. The number of carbonyl (C=O) groups excluding carboxylic acids is 1. The summed E-state index contributed by atoms with van der Waals surface area (Å²) in [6, 6.07) is 9.90. The maximum Gasteiger partial charge on any atom is 0.334 e. The van der Waals surface area contributed by atoms with Crippen molar-refractivity contribution in [2.75, 3.05) is 5.32 Å². The van der Waals surface area contributed by atoms with Crippen LogP contribution in [0.15, 0.2) is 51.8 Å². The maximum atomic E-state index is 13.2. The van der Waals surface area contributed by atoms with E-state index in [2.05, 4.69) is 21.2 Å². The number of anilines is 1. The fourth-order valence-electron chi connectivity index (χ4n) is 1.65. The number of amides is 1. The number of rotatable bonds is 3. The first kappa shape index (κ1) is 15.9. The molecule has 0 saturated carbocycles. The third kappa shape index (κ3) is 3.61. The lowest BCUT2D eigenvalue weighted by Crippen LogP contribution is -2.14. The molecule has 0 heterocycles. The summed E-state index contributed by atoms with van der Waals surface area (Å²) in [6.07, 6.45) is 0. The zero-order chi connectivity index (χ0) is 15.6. The lowest BCUT2D eigenvalue weighted by Gasteiger charge is -2.10. The molecule has 110 valence electrons. The molecule has 0 saturated heterocycles. The van der Waals surface area contributed by atoms with Gasteiger partial charge in [-0.15, -0.1) is 3.89 Å². The summed E-state index contributed by atoms with van der Waals surface area (Å²) >= 11 is 9.16. The summed E-state index contributed by atoms with van der Waals surface area (Å²) in [6.45, 7) is 0. The van der Waals surface area contributed by atoms with Crippen LogP contribution in [0.2, 0.25) is 5.02 Å². The Labute approximate surface area is 134 Å². The van der Waals surface area contributed by atoms with Gasteiger partial charge in [-0.25, -0.2) is 0 Å². The molecule has 2 aromatic rings. The van der Waals surface area contributed by atoms with Crippen LogP contribution in [-0.4, -0.2) is 14.3 Å². The highest BCUT2D eigenvalue weighted by molar-refractivity contribution is 9.10. The molecule has 4 nitrogen and oxygen atoms in total. The van der Waals surface area contributed by atoms with E-state index in [-0.39, 0.29) is 16.3 Å². The SMILES string of the molecule is O=C(Nc1ccccc1S(=O)(=O)F)c1cccc(Br)c1Cl. The first-order valence-electron chi connectivity index (χ1n) is 5.60. The van der Waals surface area contributed by atoms with Gasteiger partial charge in [-0.3, -0.25) is 4.79 Å². The van der Waals surface area contributed by atoms with Crippen molar-refractivity contribution < 1.29 is 17.1 Å². The van der Waals surface area contributed by atoms with E-state index in [1.54, 1.807) is 12.1 Å². The molecule has 0 radical (unpaired) electrons. The zero-order valence-electron chi connectivity index (χ0n) is 10.3. The van der Waals surface area contributed by atoms with Crippen LogP contribution in [-0.2, 0) is 10.2 Å². The number of hydrogen-bond donors (Lipinski definition) is 1. The Kier molecular flexibility index (Phi) is 4.65. The Balaban J connectivity index is 2.40. The molecule has 0 atom stereocenters. The van der Waals surface area contributed by atoms with E-state index in [4.69, 9.17) is 11.6 Å². The molecule has 0 aliphatic carbocycles. The molecule has 0 bridgehead atoms. The summed E-state index contributed by atoms with van der Waals surface area (Å²) in [4.78, 5) is 11.5. The van der Waals surface area contributed by atoms with Crippen LogP contribution in [0, 0.1) is 0 Å². The van der Waals surface area contributed by atoms with Gasteiger partial charge in [0.25, 0.3) is 5.91 Å². The van der Waals surface area contributed by atoms with Gasteiger partial charge in [0.1, 0.15) is 4.90 Å². The summed E-state index contributed by atoms with van der Waals surface area (Å²) in [5.74, 6) is -0.641. The van der Waals surface area contributed by atoms with Crippen LogP contribution in [0.1, 0.15) is 10.4 Å². The second-order valence-corrected chi connectivity index (χ2v) is 6.54. The minimum Gasteiger partial charge on any atom is -0.321 e. The van der Waals surface area contributed by atoms with E-state index >= 15 is 0 Å². The number of halogens is 3. The molecule has 0 aliphatic heterocycles. The van der Waals surface area contributed by atoms with Crippen LogP contribution in [0.5, 0.6) is 0 Å². The molecule has 8 heteroatoms. The molecule has 0 aliphatic rings. The first-order chi connectivity index (χ1) is 9.80. The van der Waals surface area contributed by atoms with E-state index in [0.29, 0.717) is 4.47 Å². The van der Waals surface area contributed by atoms with E-state index < -0.39 is 21.0 Å². The second kappa shape index (κ2) is 6.13. The molecular formula is C13H8BrClFNO3S. The Hall–Kier alpha value is -1.44. The molecule has 2 aromatic carbocycles. The summed E-state index contributed by atoms with van der Waals surface area (Å²) in [5.41, 5.74) is -0.0156. The highest BCUT2D eigenvalue weighted by Gasteiger charge is 2.20. The van der Waals surface area contributed by atoms with Gasteiger partial charge in [-0.05, 0) is 40.2 Å². The largest absolute Gasteiger partial charge is 0.334 e. The normalized spacial score (nSPS) is 11.2. The highest BCUT2D eigenvalue weighted by atomic mass is 79.9. The summed E-state index contributed by atoms with van der Waals surface area (Å²) in [5, 5.41) is 2.51. The number of carbonyl (C=O) groups is 1. The average molecular weight is 393 g/mol. The minimum absolute atomic E-state index is 0.136. The minimum atomic E-state index is -4.94. The first-order valence-corrected chi connectivity index (χ1v) is 8.15. The number of nitrogens with one attached hydrogen (secondary N) is 1. The number of benzene rings is 2. The lowest BCUT2D eigenvalue weighted by atomic mass is 10.2. The quantitative estimate of drug-likeness (QED) is 0.803. The van der Waals surface area contributed by atoms with E-state index in [1.165, 1.54) is 24.3 Å². The van der Waals surface area contributed by atoms with Gasteiger partial charge in [0, 0.05) is 4.47 Å². The van der Waals surface area contributed by atoms with Gasteiger partial charge in [0.2, 0.25) is 0 Å². The fourth-order valence-corrected chi connectivity index (χ4v) is 2.85. The standard InChI is InChI=1S/C13H8BrClFNO3S/c14-9-5-3-4-8(12(9)15)13(18)17-10-6-1-2-7-11(10)21(16,19)20/h1-7H,(H,17,18).